The SMILES string of the molecule is COc1ccc2c(c1)N(N)/C(=C\N)Cc1c(C#CCc3cccc(Cl)c3)ncn1-2. The van der Waals surface area contributed by atoms with Gasteiger partial charge in [0.25, 0.3) is 0 Å². The Labute approximate surface area is 174 Å². The van der Waals surface area contributed by atoms with Gasteiger partial charge in [-0.05, 0) is 35.7 Å². The molecule has 3 aromatic rings. The predicted molar refractivity (Wildman–Crippen MR) is 115 cm³/mol. The molecule has 0 atom stereocenters. The number of nitrogens with zero attached hydrogens (tertiary/aromatic N) is 3. The molecule has 0 aliphatic carbocycles. The van der Waals surface area contributed by atoms with E-state index in [2.05, 4.69) is 16.8 Å². The van der Waals surface area contributed by atoms with E-state index in [-0.39, 0.29) is 0 Å². The minimum atomic E-state index is 0.505. The Morgan fingerprint density at radius 1 is 1.24 bits per heavy atom. The van der Waals surface area contributed by atoms with Gasteiger partial charge in [0.2, 0.25) is 0 Å². The predicted octanol–water partition coefficient (Wildman–Crippen LogP) is 3.16. The molecule has 7 heteroatoms. The minimum Gasteiger partial charge on any atom is -0.497 e. The third-order valence-electron chi connectivity index (χ3n) is 4.81. The Morgan fingerprint density at radius 2 is 2.10 bits per heavy atom. The van der Waals surface area contributed by atoms with Crippen LogP contribution in [0.1, 0.15) is 17.0 Å². The molecule has 2 aromatic carbocycles. The average Bonchev–Trinajstić information content (AvgIpc) is 3.08. The Kier molecular flexibility index (Phi) is 5.17. The van der Waals surface area contributed by atoms with Crippen molar-refractivity contribution in [1.29, 1.82) is 0 Å². The highest BCUT2D eigenvalue weighted by atomic mass is 35.5. The van der Waals surface area contributed by atoms with Crippen LogP contribution in [0.3, 0.4) is 0 Å². The summed E-state index contributed by atoms with van der Waals surface area (Å²) < 4.78 is 7.34. The molecule has 4 N–H and O–H groups in total. The standard InChI is InChI=1S/C22H20ClN5O/c1-29-18-8-9-20-22(12-18)28(25)17(13-24)11-21-19(26-14-27(20)21)7-3-5-15-4-2-6-16(23)10-15/h2,4,6,8-10,12-14H,5,11,24-25H2,1H3/b17-13-. The van der Waals surface area contributed by atoms with Gasteiger partial charge >= 0.3 is 0 Å². The lowest BCUT2D eigenvalue weighted by atomic mass is 10.1. The number of ether oxygens (including phenoxy) is 1. The fourth-order valence-corrected chi connectivity index (χ4v) is 3.52. The molecule has 0 fully saturated rings. The van der Waals surface area contributed by atoms with Gasteiger partial charge in [0, 0.05) is 30.1 Å². The van der Waals surface area contributed by atoms with Crippen molar-refractivity contribution in [2.24, 2.45) is 11.6 Å². The number of benzene rings is 2. The molecule has 0 bridgehead atoms. The zero-order valence-electron chi connectivity index (χ0n) is 15.9. The molecular formula is C22H20ClN5O. The number of methoxy groups -OCH3 is 1. The topological polar surface area (TPSA) is 82.3 Å². The second-order valence-electron chi connectivity index (χ2n) is 6.58. The number of aromatic nitrogens is 2. The summed E-state index contributed by atoms with van der Waals surface area (Å²) in [4.78, 5) is 4.53. The van der Waals surface area contributed by atoms with Crippen LogP contribution in [0, 0.1) is 11.8 Å². The van der Waals surface area contributed by atoms with Gasteiger partial charge in [-0.15, -0.1) is 0 Å². The smallest absolute Gasteiger partial charge is 0.135 e. The Morgan fingerprint density at radius 3 is 2.86 bits per heavy atom. The fraction of sp³-hybridized carbons (Fsp3) is 0.136. The maximum absolute atomic E-state index is 6.35. The second kappa shape index (κ2) is 7.92. The molecule has 0 radical (unpaired) electrons. The maximum atomic E-state index is 6.35. The van der Waals surface area contributed by atoms with Crippen molar-refractivity contribution in [3.63, 3.8) is 0 Å². The number of allylic oxidation sites excluding steroid dienone is 1. The van der Waals surface area contributed by atoms with E-state index >= 15 is 0 Å². The van der Waals surface area contributed by atoms with Gasteiger partial charge in [-0.1, -0.05) is 29.7 Å². The van der Waals surface area contributed by atoms with E-state index in [9.17, 15) is 0 Å². The Hall–Kier alpha value is -3.40. The molecular weight excluding hydrogens is 386 g/mol. The summed E-state index contributed by atoms with van der Waals surface area (Å²) in [7, 11) is 1.62. The number of anilines is 1. The van der Waals surface area contributed by atoms with Gasteiger partial charge in [-0.2, -0.15) is 0 Å². The van der Waals surface area contributed by atoms with Crippen molar-refractivity contribution < 1.29 is 4.74 Å². The monoisotopic (exact) mass is 405 g/mol. The van der Waals surface area contributed by atoms with Crippen LogP contribution in [-0.2, 0) is 12.8 Å². The van der Waals surface area contributed by atoms with E-state index in [1.165, 1.54) is 6.20 Å². The van der Waals surface area contributed by atoms with E-state index in [1.807, 2.05) is 47.0 Å². The lowest BCUT2D eigenvalue weighted by molar-refractivity contribution is 0.415. The number of halogens is 1. The maximum Gasteiger partial charge on any atom is 0.135 e. The van der Waals surface area contributed by atoms with E-state index < -0.39 is 0 Å². The molecule has 0 spiro atoms. The van der Waals surface area contributed by atoms with Gasteiger partial charge in [0.05, 0.1) is 29.9 Å². The molecule has 29 heavy (non-hydrogen) atoms. The van der Waals surface area contributed by atoms with E-state index in [1.54, 1.807) is 18.4 Å². The van der Waals surface area contributed by atoms with Crippen LogP contribution in [0.25, 0.3) is 5.69 Å². The molecule has 1 aromatic heterocycles. The highest BCUT2D eigenvalue weighted by Gasteiger charge is 2.24. The van der Waals surface area contributed by atoms with Crippen LogP contribution < -0.4 is 21.3 Å². The number of fused-ring (bicyclic) bond motifs is 3. The zero-order chi connectivity index (χ0) is 20.4. The fourth-order valence-electron chi connectivity index (χ4n) is 3.31. The van der Waals surface area contributed by atoms with Crippen molar-refractivity contribution in [2.45, 2.75) is 12.8 Å². The first-order valence-corrected chi connectivity index (χ1v) is 9.42. The number of hydrogen-bond donors (Lipinski definition) is 2. The van der Waals surface area contributed by atoms with Gasteiger partial charge in [-0.25, -0.2) is 10.8 Å². The largest absolute Gasteiger partial charge is 0.497 e. The van der Waals surface area contributed by atoms with Crippen molar-refractivity contribution in [3.05, 3.63) is 82.7 Å². The lowest BCUT2D eigenvalue weighted by Crippen LogP contribution is -2.31. The average molecular weight is 406 g/mol. The molecule has 4 rings (SSSR count). The Balaban J connectivity index is 1.74. The molecule has 1 aliphatic heterocycles. The van der Waals surface area contributed by atoms with Crippen molar-refractivity contribution in [1.82, 2.24) is 9.55 Å². The van der Waals surface area contributed by atoms with Crippen molar-refractivity contribution in [2.75, 3.05) is 12.1 Å². The van der Waals surface area contributed by atoms with E-state index in [4.69, 9.17) is 27.9 Å². The molecule has 0 saturated heterocycles. The second-order valence-corrected chi connectivity index (χ2v) is 7.01. The van der Waals surface area contributed by atoms with Gasteiger partial charge < -0.3 is 10.5 Å². The summed E-state index contributed by atoms with van der Waals surface area (Å²) in [6.07, 6.45) is 4.36. The van der Waals surface area contributed by atoms with Crippen LogP contribution in [-0.4, -0.2) is 16.7 Å². The summed E-state index contributed by atoms with van der Waals surface area (Å²) >= 11 is 6.04. The summed E-state index contributed by atoms with van der Waals surface area (Å²) in [5.74, 6) is 13.4. The van der Waals surface area contributed by atoms with Crippen molar-refractivity contribution >= 4 is 17.3 Å². The quantitative estimate of drug-likeness (QED) is 0.505. The summed E-state index contributed by atoms with van der Waals surface area (Å²) in [6, 6.07) is 13.4. The third-order valence-corrected chi connectivity index (χ3v) is 5.04. The van der Waals surface area contributed by atoms with Crippen LogP contribution in [0.5, 0.6) is 5.75 Å². The third kappa shape index (κ3) is 3.66. The highest BCUT2D eigenvalue weighted by molar-refractivity contribution is 6.30. The first-order chi connectivity index (χ1) is 14.1. The first kappa shape index (κ1) is 18.9. The number of nitrogens with two attached hydrogens (primary N) is 2. The van der Waals surface area contributed by atoms with Gasteiger partial charge in [-0.3, -0.25) is 9.58 Å². The molecule has 0 amide bonds. The molecule has 146 valence electrons. The van der Waals surface area contributed by atoms with E-state index in [0.29, 0.717) is 29.3 Å². The van der Waals surface area contributed by atoms with Crippen LogP contribution in [0.2, 0.25) is 5.02 Å². The lowest BCUT2D eigenvalue weighted by Gasteiger charge is -2.21. The Bertz CT molecular complexity index is 1160. The normalized spacial score (nSPS) is 13.9. The van der Waals surface area contributed by atoms with Crippen LogP contribution >= 0.6 is 11.6 Å². The zero-order valence-corrected chi connectivity index (χ0v) is 16.6. The van der Waals surface area contributed by atoms with E-state index in [0.717, 1.165) is 28.3 Å². The number of imidazole rings is 1. The molecule has 1 aliphatic rings. The summed E-state index contributed by atoms with van der Waals surface area (Å²) in [5, 5.41) is 2.28. The first-order valence-electron chi connectivity index (χ1n) is 9.04. The molecule has 0 saturated carbocycles. The van der Waals surface area contributed by atoms with Crippen molar-refractivity contribution in [3.8, 4) is 23.3 Å². The molecule has 6 nitrogen and oxygen atoms in total. The van der Waals surface area contributed by atoms with Gasteiger partial charge in [0.1, 0.15) is 17.8 Å². The molecule has 2 heterocycles. The number of hydrazine groups is 1. The van der Waals surface area contributed by atoms with Crippen LogP contribution in [0.4, 0.5) is 5.69 Å². The van der Waals surface area contributed by atoms with Gasteiger partial charge in [0.15, 0.2) is 0 Å². The summed E-state index contributed by atoms with van der Waals surface area (Å²) in [6.45, 7) is 0. The highest BCUT2D eigenvalue weighted by Crippen LogP contribution is 2.34. The number of rotatable bonds is 2. The minimum absolute atomic E-state index is 0.505. The van der Waals surface area contributed by atoms with Crippen LogP contribution in [0.15, 0.2) is 60.7 Å². The number of hydrogen-bond acceptors (Lipinski definition) is 5. The summed E-state index contributed by atoms with van der Waals surface area (Å²) in [5.41, 5.74) is 11.0. The molecule has 0 unspecified atom stereocenters.